The molecular weight excluding hydrogens is 371 g/mol. The average molecular weight is 389 g/mol. The van der Waals surface area contributed by atoms with Gasteiger partial charge < -0.3 is 5.32 Å². The van der Waals surface area contributed by atoms with Crippen LogP contribution in [0.2, 0.25) is 10.0 Å². The van der Waals surface area contributed by atoms with Gasteiger partial charge in [-0.25, -0.2) is 9.97 Å². The van der Waals surface area contributed by atoms with Gasteiger partial charge in [0.15, 0.2) is 0 Å². The number of carbonyl (C=O) groups excluding carboxylic acids is 1. The highest BCUT2D eigenvalue weighted by atomic mass is 35.5. The van der Waals surface area contributed by atoms with Crippen molar-refractivity contribution in [2.45, 2.75) is 19.3 Å². The van der Waals surface area contributed by atoms with Gasteiger partial charge in [0.2, 0.25) is 0 Å². The molecule has 3 rings (SSSR count). The first kappa shape index (κ1) is 18.4. The number of nitrogens with one attached hydrogen (secondary N) is 1. The van der Waals surface area contributed by atoms with E-state index in [9.17, 15) is 4.79 Å². The number of benzene rings is 1. The maximum Gasteiger partial charge on any atom is 0.252 e. The molecule has 0 atom stereocenters. The van der Waals surface area contributed by atoms with Gasteiger partial charge in [0.05, 0.1) is 15.6 Å². The fourth-order valence-electron chi connectivity index (χ4n) is 2.49. The molecule has 0 saturated carbocycles. The third-order valence-corrected chi connectivity index (χ3v) is 4.91. The van der Waals surface area contributed by atoms with Crippen LogP contribution in [0.5, 0.6) is 0 Å². The molecule has 1 amide bonds. The largest absolute Gasteiger partial charge is 0.351 e. The Labute approximate surface area is 162 Å². The van der Waals surface area contributed by atoms with E-state index >= 15 is 0 Å². The quantitative estimate of drug-likeness (QED) is 0.709. The maximum absolute atomic E-state index is 12.4. The number of pyridine rings is 1. The number of amides is 1. The summed E-state index contributed by atoms with van der Waals surface area (Å²) in [5.41, 5.74) is 1.20. The third kappa shape index (κ3) is 4.06. The molecule has 2 aromatic heterocycles. The monoisotopic (exact) mass is 388 g/mol. The summed E-state index contributed by atoms with van der Waals surface area (Å²) in [7, 11) is 0. The van der Waals surface area contributed by atoms with Crippen LogP contribution < -0.4 is 5.32 Å². The molecule has 0 saturated heterocycles. The Kier molecular flexibility index (Phi) is 5.30. The molecule has 3 aromatic rings. The first-order valence-corrected chi connectivity index (χ1v) is 8.80. The number of aromatic nitrogens is 3. The highest BCUT2D eigenvalue weighted by Crippen LogP contribution is 2.29. The van der Waals surface area contributed by atoms with Crippen molar-refractivity contribution < 1.29 is 4.79 Å². The molecule has 0 radical (unpaired) electrons. The Morgan fingerprint density at radius 3 is 2.62 bits per heavy atom. The van der Waals surface area contributed by atoms with Gasteiger partial charge in [-0.3, -0.25) is 9.36 Å². The summed E-state index contributed by atoms with van der Waals surface area (Å²) in [6.07, 6.45) is 6.67. The fourth-order valence-corrected chi connectivity index (χ4v) is 2.79. The molecule has 26 heavy (non-hydrogen) atoms. The summed E-state index contributed by atoms with van der Waals surface area (Å²) in [5, 5.41) is 3.97. The zero-order valence-electron chi connectivity index (χ0n) is 14.4. The molecule has 1 N–H and O–H groups in total. The molecule has 134 valence electrons. The predicted molar refractivity (Wildman–Crippen MR) is 103 cm³/mol. The van der Waals surface area contributed by atoms with Crippen LogP contribution in [0.4, 0.5) is 0 Å². The van der Waals surface area contributed by atoms with Crippen LogP contribution in [0.15, 0.2) is 55.2 Å². The number of imidazole rings is 1. The first-order valence-electron chi connectivity index (χ1n) is 8.05. The van der Waals surface area contributed by atoms with E-state index < -0.39 is 0 Å². The Hall–Kier alpha value is -2.37. The number of rotatable bonds is 5. The lowest BCUT2D eigenvalue weighted by Crippen LogP contribution is -2.36. The van der Waals surface area contributed by atoms with Gasteiger partial charge in [-0.1, -0.05) is 43.1 Å². The number of carbonyl (C=O) groups is 1. The SMILES string of the molecule is CC(C)(CNC(=O)c1ccc(-n2ccnc2)nc1)c1ccc(Cl)c(Cl)c1. The van der Waals surface area contributed by atoms with E-state index in [1.54, 1.807) is 47.7 Å². The lowest BCUT2D eigenvalue weighted by Gasteiger charge is -2.26. The minimum absolute atomic E-state index is 0.178. The molecule has 5 nitrogen and oxygen atoms in total. The molecule has 0 spiro atoms. The van der Waals surface area contributed by atoms with Gasteiger partial charge >= 0.3 is 0 Å². The van der Waals surface area contributed by atoms with Crippen molar-refractivity contribution in [3.63, 3.8) is 0 Å². The van der Waals surface area contributed by atoms with Crippen molar-refractivity contribution in [1.29, 1.82) is 0 Å². The van der Waals surface area contributed by atoms with Crippen LogP contribution in [0, 0.1) is 0 Å². The normalized spacial score (nSPS) is 11.4. The zero-order valence-corrected chi connectivity index (χ0v) is 15.9. The molecule has 0 fully saturated rings. The smallest absolute Gasteiger partial charge is 0.252 e. The van der Waals surface area contributed by atoms with E-state index in [2.05, 4.69) is 15.3 Å². The molecular formula is C19H18Cl2N4O. The van der Waals surface area contributed by atoms with E-state index in [1.807, 2.05) is 26.0 Å². The van der Waals surface area contributed by atoms with Gasteiger partial charge in [-0.15, -0.1) is 0 Å². The Balaban J connectivity index is 1.66. The van der Waals surface area contributed by atoms with E-state index in [-0.39, 0.29) is 11.3 Å². The Morgan fingerprint density at radius 1 is 1.19 bits per heavy atom. The number of halogens is 2. The molecule has 0 aliphatic carbocycles. The standard InChI is InChI=1S/C19H18Cl2N4O/c1-19(2,14-4-5-15(20)16(21)9-14)11-24-18(26)13-3-6-17(23-10-13)25-8-7-22-12-25/h3-10,12H,11H2,1-2H3,(H,24,26). The number of hydrogen-bond acceptors (Lipinski definition) is 3. The Morgan fingerprint density at radius 2 is 2.00 bits per heavy atom. The van der Waals surface area contributed by atoms with Crippen LogP contribution in [0.25, 0.3) is 5.82 Å². The van der Waals surface area contributed by atoms with Crippen molar-refractivity contribution in [2.75, 3.05) is 6.54 Å². The summed E-state index contributed by atoms with van der Waals surface area (Å²) in [4.78, 5) is 20.7. The average Bonchev–Trinajstić information content (AvgIpc) is 3.17. The van der Waals surface area contributed by atoms with Crippen LogP contribution in [-0.4, -0.2) is 27.0 Å². The zero-order chi connectivity index (χ0) is 18.7. The summed E-state index contributed by atoms with van der Waals surface area (Å²) < 4.78 is 1.77. The van der Waals surface area contributed by atoms with Crippen molar-refractivity contribution in [2.24, 2.45) is 0 Å². The summed E-state index contributed by atoms with van der Waals surface area (Å²) >= 11 is 12.1. The van der Waals surface area contributed by atoms with Crippen LogP contribution in [0.3, 0.4) is 0 Å². The van der Waals surface area contributed by atoms with Crippen LogP contribution in [0.1, 0.15) is 29.8 Å². The molecule has 0 unspecified atom stereocenters. The Bertz CT molecular complexity index is 906. The highest BCUT2D eigenvalue weighted by Gasteiger charge is 2.22. The van der Waals surface area contributed by atoms with Gasteiger partial charge in [0, 0.05) is 30.6 Å². The second-order valence-electron chi connectivity index (χ2n) is 6.57. The molecule has 1 aromatic carbocycles. The molecule has 0 aliphatic heterocycles. The predicted octanol–water partition coefficient (Wildman–Crippen LogP) is 4.28. The van der Waals surface area contributed by atoms with Gasteiger partial charge in [0.1, 0.15) is 12.1 Å². The third-order valence-electron chi connectivity index (χ3n) is 4.17. The lowest BCUT2D eigenvalue weighted by atomic mass is 9.84. The van der Waals surface area contributed by atoms with E-state index in [4.69, 9.17) is 23.2 Å². The van der Waals surface area contributed by atoms with Gasteiger partial charge in [-0.05, 0) is 29.8 Å². The summed E-state index contributed by atoms with van der Waals surface area (Å²) in [6, 6.07) is 9.03. The topological polar surface area (TPSA) is 59.8 Å². The van der Waals surface area contributed by atoms with E-state index in [0.29, 0.717) is 28.0 Å². The van der Waals surface area contributed by atoms with Crippen molar-refractivity contribution in [3.8, 4) is 5.82 Å². The van der Waals surface area contributed by atoms with Gasteiger partial charge in [-0.2, -0.15) is 0 Å². The van der Waals surface area contributed by atoms with E-state index in [1.165, 1.54) is 0 Å². The molecule has 2 heterocycles. The number of nitrogens with zero attached hydrogens (tertiary/aromatic N) is 3. The lowest BCUT2D eigenvalue weighted by molar-refractivity contribution is 0.0945. The summed E-state index contributed by atoms with van der Waals surface area (Å²) in [6.45, 7) is 4.52. The van der Waals surface area contributed by atoms with Crippen LogP contribution >= 0.6 is 23.2 Å². The molecule has 0 bridgehead atoms. The fraction of sp³-hybridized carbons (Fsp3) is 0.211. The summed E-state index contributed by atoms with van der Waals surface area (Å²) in [5.74, 6) is 0.526. The second-order valence-corrected chi connectivity index (χ2v) is 7.38. The second kappa shape index (κ2) is 7.48. The van der Waals surface area contributed by atoms with E-state index in [0.717, 1.165) is 5.56 Å². The molecule has 7 heteroatoms. The van der Waals surface area contributed by atoms with Crippen molar-refractivity contribution >= 4 is 29.1 Å². The minimum Gasteiger partial charge on any atom is -0.351 e. The van der Waals surface area contributed by atoms with Crippen molar-refractivity contribution in [3.05, 3.63) is 76.4 Å². The van der Waals surface area contributed by atoms with Gasteiger partial charge in [0.25, 0.3) is 5.91 Å². The minimum atomic E-state index is -0.298. The van der Waals surface area contributed by atoms with Crippen LogP contribution in [-0.2, 0) is 5.41 Å². The molecule has 0 aliphatic rings. The number of hydrogen-bond donors (Lipinski definition) is 1. The highest BCUT2D eigenvalue weighted by molar-refractivity contribution is 6.42. The van der Waals surface area contributed by atoms with Crippen molar-refractivity contribution in [1.82, 2.24) is 19.9 Å². The maximum atomic E-state index is 12.4. The first-order chi connectivity index (χ1) is 12.4.